The van der Waals surface area contributed by atoms with E-state index in [0.29, 0.717) is 37.9 Å². The van der Waals surface area contributed by atoms with Crippen molar-refractivity contribution >= 4 is 11.9 Å². The molecule has 126 valence electrons. The van der Waals surface area contributed by atoms with E-state index in [2.05, 4.69) is 9.97 Å². The van der Waals surface area contributed by atoms with E-state index < -0.39 is 0 Å². The number of nitrogens with zero attached hydrogens (tertiary/aromatic N) is 3. The number of amides is 1. The first-order valence-electron chi connectivity index (χ1n) is 7.58. The molecule has 1 aromatic heterocycles. The molecule has 2 rings (SSSR count). The third kappa shape index (κ3) is 5.08. The van der Waals surface area contributed by atoms with E-state index >= 15 is 0 Å². The maximum Gasteiger partial charge on any atom is 0.306 e. The number of methoxy groups -OCH3 is 1. The number of likely N-dealkylation sites (tertiary alicyclic amines) is 1. The summed E-state index contributed by atoms with van der Waals surface area (Å²) >= 11 is 0. The van der Waals surface area contributed by atoms with Crippen molar-refractivity contribution in [3.05, 3.63) is 12.4 Å². The molecule has 0 bridgehead atoms. The third-order valence-electron chi connectivity index (χ3n) is 3.43. The molecule has 8 nitrogen and oxygen atoms in total. The van der Waals surface area contributed by atoms with Crippen molar-refractivity contribution < 1.29 is 23.8 Å². The third-order valence-corrected chi connectivity index (χ3v) is 3.43. The Morgan fingerprint density at radius 1 is 1.30 bits per heavy atom. The topological polar surface area (TPSA) is 90.9 Å². The van der Waals surface area contributed by atoms with E-state index in [9.17, 15) is 9.59 Å². The van der Waals surface area contributed by atoms with Crippen LogP contribution in [0.3, 0.4) is 0 Å². The highest BCUT2D eigenvalue weighted by molar-refractivity contribution is 5.81. The van der Waals surface area contributed by atoms with Gasteiger partial charge in [-0.2, -0.15) is 4.98 Å². The van der Waals surface area contributed by atoms with Gasteiger partial charge in [-0.25, -0.2) is 0 Å². The zero-order valence-corrected chi connectivity index (χ0v) is 13.4. The van der Waals surface area contributed by atoms with Crippen LogP contribution < -0.4 is 9.47 Å². The van der Waals surface area contributed by atoms with Crippen LogP contribution in [0.5, 0.6) is 11.8 Å². The average Bonchev–Trinajstić information content (AvgIpc) is 3.01. The second-order valence-corrected chi connectivity index (χ2v) is 5.07. The number of esters is 1. The van der Waals surface area contributed by atoms with Crippen molar-refractivity contribution in [3.63, 3.8) is 0 Å². The summed E-state index contributed by atoms with van der Waals surface area (Å²) in [5.41, 5.74) is 0. The van der Waals surface area contributed by atoms with Crippen molar-refractivity contribution in [2.24, 2.45) is 0 Å². The van der Waals surface area contributed by atoms with E-state index in [0.717, 1.165) is 0 Å². The minimum Gasteiger partial charge on any atom is -0.480 e. The predicted octanol–water partition coefficient (Wildman–Crippen LogP) is 0.808. The lowest BCUT2D eigenvalue weighted by molar-refractivity contribution is -0.145. The molecule has 0 aliphatic carbocycles. The Hall–Kier alpha value is -2.38. The number of aromatic nitrogens is 2. The minimum absolute atomic E-state index is 0.0686. The summed E-state index contributed by atoms with van der Waals surface area (Å²) in [6, 6.07) is 0. The van der Waals surface area contributed by atoms with E-state index in [1.54, 1.807) is 11.8 Å². The first kappa shape index (κ1) is 17.0. The van der Waals surface area contributed by atoms with Crippen LogP contribution in [-0.4, -0.2) is 59.7 Å². The molecule has 1 atom stereocenters. The van der Waals surface area contributed by atoms with Gasteiger partial charge in [0.1, 0.15) is 6.10 Å². The van der Waals surface area contributed by atoms with Gasteiger partial charge in [-0.15, -0.1) is 0 Å². The van der Waals surface area contributed by atoms with Crippen LogP contribution in [0.15, 0.2) is 12.4 Å². The Labute approximate surface area is 134 Å². The molecule has 1 aliphatic heterocycles. The van der Waals surface area contributed by atoms with Crippen molar-refractivity contribution in [1.29, 1.82) is 0 Å². The fourth-order valence-electron chi connectivity index (χ4n) is 2.31. The number of rotatable bonds is 7. The fraction of sp³-hybridized carbons (Fsp3) is 0.600. The summed E-state index contributed by atoms with van der Waals surface area (Å²) in [7, 11) is 1.51. The molecule has 0 radical (unpaired) electrons. The van der Waals surface area contributed by atoms with E-state index in [1.807, 2.05) is 0 Å². The van der Waals surface area contributed by atoms with Gasteiger partial charge in [-0.05, 0) is 6.92 Å². The van der Waals surface area contributed by atoms with Gasteiger partial charge in [0.25, 0.3) is 0 Å². The van der Waals surface area contributed by atoms with Crippen LogP contribution in [0.2, 0.25) is 0 Å². The number of carbonyl (C=O) groups is 2. The highest BCUT2D eigenvalue weighted by Crippen LogP contribution is 2.18. The molecule has 0 spiro atoms. The molecule has 1 fully saturated rings. The van der Waals surface area contributed by atoms with Gasteiger partial charge >= 0.3 is 5.97 Å². The van der Waals surface area contributed by atoms with Gasteiger partial charge in [-0.1, -0.05) is 0 Å². The van der Waals surface area contributed by atoms with Crippen LogP contribution in [0.1, 0.15) is 26.2 Å². The highest BCUT2D eigenvalue weighted by Gasteiger charge is 2.28. The van der Waals surface area contributed by atoms with Crippen molar-refractivity contribution in [2.45, 2.75) is 32.3 Å². The van der Waals surface area contributed by atoms with Crippen LogP contribution in [0.25, 0.3) is 0 Å². The monoisotopic (exact) mass is 323 g/mol. The van der Waals surface area contributed by atoms with Crippen molar-refractivity contribution in [2.75, 3.05) is 26.8 Å². The largest absolute Gasteiger partial charge is 0.480 e. The average molecular weight is 323 g/mol. The molecule has 8 heteroatoms. The van der Waals surface area contributed by atoms with Gasteiger partial charge < -0.3 is 19.1 Å². The molecule has 2 heterocycles. The number of hydrogen-bond acceptors (Lipinski definition) is 7. The lowest BCUT2D eigenvalue weighted by atomic mass is 10.3. The molecular formula is C15H21N3O5. The summed E-state index contributed by atoms with van der Waals surface area (Å²) in [6.07, 6.45) is 3.84. The quantitative estimate of drug-likeness (QED) is 0.686. The summed E-state index contributed by atoms with van der Waals surface area (Å²) < 4.78 is 15.5. The number of ether oxygens (including phenoxy) is 3. The van der Waals surface area contributed by atoms with Crippen molar-refractivity contribution in [1.82, 2.24) is 14.9 Å². The lowest BCUT2D eigenvalue weighted by Gasteiger charge is -2.16. The van der Waals surface area contributed by atoms with Crippen LogP contribution in [0.4, 0.5) is 0 Å². The smallest absolute Gasteiger partial charge is 0.306 e. The molecular weight excluding hydrogens is 302 g/mol. The van der Waals surface area contributed by atoms with E-state index in [4.69, 9.17) is 14.2 Å². The normalized spacial score (nSPS) is 17.0. The SMILES string of the molecule is CCOC(=O)CCC(=O)N1CCC(Oc2cncc(OC)n2)C1. The fourth-order valence-corrected chi connectivity index (χ4v) is 2.31. The molecule has 0 N–H and O–H groups in total. The van der Waals surface area contributed by atoms with Gasteiger partial charge in [0.15, 0.2) is 0 Å². The molecule has 0 aromatic carbocycles. The summed E-state index contributed by atoms with van der Waals surface area (Å²) in [5.74, 6) is 0.332. The Balaban J connectivity index is 1.78. The van der Waals surface area contributed by atoms with E-state index in [-0.39, 0.29) is 30.8 Å². The molecule has 1 aliphatic rings. The predicted molar refractivity (Wildman–Crippen MR) is 80.1 cm³/mol. The van der Waals surface area contributed by atoms with Gasteiger partial charge in [0.05, 0.1) is 39.1 Å². The maximum absolute atomic E-state index is 12.1. The second-order valence-electron chi connectivity index (χ2n) is 5.07. The Bertz CT molecular complexity index is 552. The first-order valence-corrected chi connectivity index (χ1v) is 7.58. The molecule has 23 heavy (non-hydrogen) atoms. The second kappa shape index (κ2) is 8.30. The summed E-state index contributed by atoms with van der Waals surface area (Å²) in [5, 5.41) is 0. The highest BCUT2D eigenvalue weighted by atomic mass is 16.5. The van der Waals surface area contributed by atoms with Crippen LogP contribution >= 0.6 is 0 Å². The van der Waals surface area contributed by atoms with E-state index in [1.165, 1.54) is 19.5 Å². The van der Waals surface area contributed by atoms with Gasteiger partial charge in [0.2, 0.25) is 17.7 Å². The van der Waals surface area contributed by atoms with Crippen molar-refractivity contribution in [3.8, 4) is 11.8 Å². The standard InChI is InChI=1S/C15H21N3O5/c1-3-22-15(20)5-4-14(19)18-7-6-11(10-18)23-13-9-16-8-12(17-13)21-2/h8-9,11H,3-7,10H2,1-2H3. The zero-order valence-electron chi connectivity index (χ0n) is 13.4. The Kier molecular flexibility index (Phi) is 6.13. The number of carbonyl (C=O) groups excluding carboxylic acids is 2. The number of hydrogen-bond donors (Lipinski definition) is 0. The molecule has 0 saturated carbocycles. The zero-order chi connectivity index (χ0) is 16.7. The Morgan fingerprint density at radius 3 is 2.83 bits per heavy atom. The van der Waals surface area contributed by atoms with Gasteiger partial charge in [0, 0.05) is 19.4 Å². The molecule has 1 aromatic rings. The maximum atomic E-state index is 12.1. The van der Waals surface area contributed by atoms with Crippen LogP contribution in [0, 0.1) is 0 Å². The minimum atomic E-state index is -0.348. The summed E-state index contributed by atoms with van der Waals surface area (Å²) in [6.45, 7) is 3.14. The lowest BCUT2D eigenvalue weighted by Crippen LogP contribution is -2.31. The Morgan fingerprint density at radius 2 is 2.09 bits per heavy atom. The first-order chi connectivity index (χ1) is 11.1. The molecule has 1 saturated heterocycles. The molecule has 1 unspecified atom stereocenters. The van der Waals surface area contributed by atoms with Gasteiger partial charge in [-0.3, -0.25) is 14.6 Å². The van der Waals surface area contributed by atoms with Crippen LogP contribution in [-0.2, 0) is 14.3 Å². The molecule has 1 amide bonds. The summed E-state index contributed by atoms with van der Waals surface area (Å²) in [4.78, 5) is 33.1.